The standard InChI is InChI=1S/C12H15NO4S/c1-4-8(2)13-18(16,17)11-7-5-6-10(9(11)3)12(14)15/h4-8,13H,1H2,2-3H3,(H,14,15). The monoisotopic (exact) mass is 269 g/mol. The number of nitrogens with one attached hydrogen (secondary N) is 1. The number of rotatable bonds is 5. The van der Waals surface area contributed by atoms with Gasteiger partial charge >= 0.3 is 5.97 Å². The van der Waals surface area contributed by atoms with Crippen molar-refractivity contribution in [1.29, 1.82) is 0 Å². The van der Waals surface area contributed by atoms with Crippen LogP contribution in [0.2, 0.25) is 0 Å². The Bertz CT molecular complexity index is 578. The van der Waals surface area contributed by atoms with E-state index in [9.17, 15) is 13.2 Å². The molecule has 0 radical (unpaired) electrons. The first-order chi connectivity index (χ1) is 8.29. The van der Waals surface area contributed by atoms with Gasteiger partial charge in [0.1, 0.15) is 0 Å². The minimum Gasteiger partial charge on any atom is -0.478 e. The molecule has 1 rings (SSSR count). The van der Waals surface area contributed by atoms with Crippen molar-refractivity contribution >= 4 is 16.0 Å². The van der Waals surface area contributed by atoms with Gasteiger partial charge in [0, 0.05) is 6.04 Å². The number of benzene rings is 1. The van der Waals surface area contributed by atoms with Crippen molar-refractivity contribution in [3.8, 4) is 0 Å². The largest absolute Gasteiger partial charge is 0.478 e. The van der Waals surface area contributed by atoms with Crippen LogP contribution in [0.4, 0.5) is 0 Å². The molecule has 18 heavy (non-hydrogen) atoms. The predicted octanol–water partition coefficient (Wildman–Crippen LogP) is 1.55. The molecule has 0 bridgehead atoms. The van der Waals surface area contributed by atoms with Crippen LogP contribution in [0, 0.1) is 6.92 Å². The second kappa shape index (κ2) is 5.32. The molecule has 2 N–H and O–H groups in total. The van der Waals surface area contributed by atoms with Crippen LogP contribution in [0.3, 0.4) is 0 Å². The Morgan fingerprint density at radius 3 is 2.61 bits per heavy atom. The molecule has 1 unspecified atom stereocenters. The van der Waals surface area contributed by atoms with Crippen molar-refractivity contribution in [3.63, 3.8) is 0 Å². The first-order valence-corrected chi connectivity index (χ1v) is 6.75. The van der Waals surface area contributed by atoms with E-state index in [1.807, 2.05) is 0 Å². The number of aromatic carboxylic acids is 1. The molecule has 1 aromatic rings. The highest BCUT2D eigenvalue weighted by atomic mass is 32.2. The summed E-state index contributed by atoms with van der Waals surface area (Å²) in [5.41, 5.74) is 0.192. The van der Waals surface area contributed by atoms with Crippen molar-refractivity contribution in [2.45, 2.75) is 24.8 Å². The molecule has 0 aliphatic heterocycles. The van der Waals surface area contributed by atoms with Crippen LogP contribution in [0.5, 0.6) is 0 Å². The highest BCUT2D eigenvalue weighted by Gasteiger charge is 2.21. The molecule has 0 saturated heterocycles. The minimum absolute atomic E-state index is 0.0240. The zero-order valence-electron chi connectivity index (χ0n) is 10.2. The van der Waals surface area contributed by atoms with Crippen LogP contribution < -0.4 is 4.72 Å². The van der Waals surface area contributed by atoms with Gasteiger partial charge in [-0.1, -0.05) is 12.1 Å². The van der Waals surface area contributed by atoms with Gasteiger partial charge in [0.25, 0.3) is 0 Å². The lowest BCUT2D eigenvalue weighted by Crippen LogP contribution is -2.31. The maximum atomic E-state index is 12.0. The molecule has 0 aromatic heterocycles. The summed E-state index contributed by atoms with van der Waals surface area (Å²) in [4.78, 5) is 10.9. The molecule has 98 valence electrons. The van der Waals surface area contributed by atoms with E-state index < -0.39 is 22.0 Å². The van der Waals surface area contributed by atoms with Crippen molar-refractivity contribution in [2.24, 2.45) is 0 Å². The van der Waals surface area contributed by atoms with Gasteiger partial charge in [-0.15, -0.1) is 6.58 Å². The fraction of sp³-hybridized carbons (Fsp3) is 0.250. The quantitative estimate of drug-likeness (QED) is 0.794. The average molecular weight is 269 g/mol. The fourth-order valence-corrected chi connectivity index (χ4v) is 2.98. The van der Waals surface area contributed by atoms with E-state index in [1.54, 1.807) is 6.92 Å². The lowest BCUT2D eigenvalue weighted by Gasteiger charge is -2.13. The van der Waals surface area contributed by atoms with Gasteiger partial charge in [0.2, 0.25) is 10.0 Å². The first-order valence-electron chi connectivity index (χ1n) is 5.27. The number of sulfonamides is 1. The molecule has 0 aliphatic carbocycles. The third-order valence-electron chi connectivity index (χ3n) is 2.50. The summed E-state index contributed by atoms with van der Waals surface area (Å²) < 4.78 is 26.5. The van der Waals surface area contributed by atoms with Gasteiger partial charge < -0.3 is 5.11 Å². The van der Waals surface area contributed by atoms with Crippen molar-refractivity contribution in [3.05, 3.63) is 42.0 Å². The van der Waals surface area contributed by atoms with E-state index in [0.29, 0.717) is 0 Å². The normalized spacial score (nSPS) is 13.0. The summed E-state index contributed by atoms with van der Waals surface area (Å²) in [5.74, 6) is -1.15. The summed E-state index contributed by atoms with van der Waals surface area (Å²) >= 11 is 0. The summed E-state index contributed by atoms with van der Waals surface area (Å²) in [7, 11) is -3.74. The molecule has 1 atom stereocenters. The highest BCUT2D eigenvalue weighted by Crippen LogP contribution is 2.19. The first kappa shape index (κ1) is 14.4. The Kier molecular flexibility index (Phi) is 4.26. The van der Waals surface area contributed by atoms with Crippen LogP contribution in [-0.4, -0.2) is 25.5 Å². The van der Waals surface area contributed by atoms with Crippen LogP contribution in [-0.2, 0) is 10.0 Å². The van der Waals surface area contributed by atoms with E-state index in [2.05, 4.69) is 11.3 Å². The third-order valence-corrected chi connectivity index (χ3v) is 4.20. The van der Waals surface area contributed by atoms with E-state index >= 15 is 0 Å². The van der Waals surface area contributed by atoms with Crippen LogP contribution >= 0.6 is 0 Å². The smallest absolute Gasteiger partial charge is 0.335 e. The SMILES string of the molecule is C=CC(C)NS(=O)(=O)c1cccc(C(=O)O)c1C. The van der Waals surface area contributed by atoms with Gasteiger partial charge in [-0.3, -0.25) is 0 Å². The maximum Gasteiger partial charge on any atom is 0.335 e. The van der Waals surface area contributed by atoms with Gasteiger partial charge in [-0.05, 0) is 31.5 Å². The summed E-state index contributed by atoms with van der Waals surface area (Å²) in [6.45, 7) is 6.59. The molecule has 1 aromatic carbocycles. The lowest BCUT2D eigenvalue weighted by molar-refractivity contribution is 0.0696. The van der Waals surface area contributed by atoms with Gasteiger partial charge in [0.05, 0.1) is 10.5 Å². The Balaban J connectivity index is 3.30. The van der Waals surface area contributed by atoms with Crippen LogP contribution in [0.25, 0.3) is 0 Å². The van der Waals surface area contributed by atoms with Gasteiger partial charge in [0.15, 0.2) is 0 Å². The summed E-state index contributed by atoms with van der Waals surface area (Å²) in [6, 6.07) is 3.72. The van der Waals surface area contributed by atoms with Crippen LogP contribution in [0.15, 0.2) is 35.7 Å². The summed E-state index contributed by atoms with van der Waals surface area (Å²) in [6.07, 6.45) is 1.45. The van der Waals surface area contributed by atoms with Gasteiger partial charge in [-0.2, -0.15) is 0 Å². The van der Waals surface area contributed by atoms with E-state index in [-0.39, 0.29) is 16.0 Å². The van der Waals surface area contributed by atoms with Crippen molar-refractivity contribution < 1.29 is 18.3 Å². The Hall–Kier alpha value is -1.66. The Labute approximate surface area is 106 Å². The number of carbonyl (C=O) groups is 1. The molecule has 0 spiro atoms. The van der Waals surface area contributed by atoms with Crippen molar-refractivity contribution in [2.75, 3.05) is 0 Å². The third kappa shape index (κ3) is 2.96. The van der Waals surface area contributed by atoms with Gasteiger partial charge in [-0.25, -0.2) is 17.9 Å². The second-order valence-electron chi connectivity index (χ2n) is 3.88. The predicted molar refractivity (Wildman–Crippen MR) is 68.1 cm³/mol. The minimum atomic E-state index is -3.74. The topological polar surface area (TPSA) is 83.5 Å². The highest BCUT2D eigenvalue weighted by molar-refractivity contribution is 7.89. The maximum absolute atomic E-state index is 12.0. The van der Waals surface area contributed by atoms with E-state index in [4.69, 9.17) is 5.11 Å². The van der Waals surface area contributed by atoms with E-state index in [1.165, 1.54) is 31.2 Å². The molecule has 0 saturated carbocycles. The summed E-state index contributed by atoms with van der Waals surface area (Å²) in [5, 5.41) is 8.95. The van der Waals surface area contributed by atoms with E-state index in [0.717, 1.165) is 0 Å². The average Bonchev–Trinajstić information content (AvgIpc) is 2.27. The molecular formula is C12H15NO4S. The zero-order chi connectivity index (χ0) is 13.9. The molecule has 0 heterocycles. The Morgan fingerprint density at radius 1 is 1.50 bits per heavy atom. The molecule has 0 aliphatic rings. The lowest BCUT2D eigenvalue weighted by atomic mass is 10.1. The fourth-order valence-electron chi connectivity index (χ4n) is 1.49. The van der Waals surface area contributed by atoms with Crippen molar-refractivity contribution in [1.82, 2.24) is 4.72 Å². The Morgan fingerprint density at radius 2 is 2.11 bits per heavy atom. The number of carboxylic acid groups (broad SMARTS) is 1. The molecule has 6 heteroatoms. The molecular weight excluding hydrogens is 254 g/mol. The number of hydrogen-bond donors (Lipinski definition) is 2. The molecule has 0 amide bonds. The zero-order valence-corrected chi connectivity index (χ0v) is 11.0. The molecule has 5 nitrogen and oxygen atoms in total. The van der Waals surface area contributed by atoms with Crippen LogP contribution in [0.1, 0.15) is 22.8 Å². The number of hydrogen-bond acceptors (Lipinski definition) is 3. The molecule has 0 fully saturated rings. The number of carboxylic acids is 1. The second-order valence-corrected chi connectivity index (χ2v) is 5.56.